The Balaban J connectivity index is 1.98. The van der Waals surface area contributed by atoms with Gasteiger partial charge in [0, 0.05) is 18.3 Å². The minimum Gasteiger partial charge on any atom is -0.481 e. The van der Waals surface area contributed by atoms with Gasteiger partial charge in [-0.2, -0.15) is 0 Å². The first-order valence-electron chi connectivity index (χ1n) is 7.07. The van der Waals surface area contributed by atoms with E-state index in [-0.39, 0.29) is 23.8 Å². The second kappa shape index (κ2) is 6.56. The lowest BCUT2D eigenvalue weighted by Crippen LogP contribution is -2.44. The summed E-state index contributed by atoms with van der Waals surface area (Å²) in [6.45, 7) is 2.28. The molecule has 21 heavy (non-hydrogen) atoms. The van der Waals surface area contributed by atoms with Gasteiger partial charge in [0.1, 0.15) is 5.82 Å². The summed E-state index contributed by atoms with van der Waals surface area (Å²) in [5, 5.41) is 11.8. The zero-order chi connectivity index (χ0) is 15.4. The molecule has 0 bridgehead atoms. The van der Waals surface area contributed by atoms with Gasteiger partial charge in [-0.15, -0.1) is 0 Å². The molecule has 0 radical (unpaired) electrons. The fourth-order valence-electron chi connectivity index (χ4n) is 2.65. The average molecular weight is 294 g/mol. The number of carbonyl (C=O) groups excluding carboxylic acids is 1. The minimum atomic E-state index is -0.808. The van der Waals surface area contributed by atoms with Gasteiger partial charge in [0.25, 0.3) is 0 Å². The summed E-state index contributed by atoms with van der Waals surface area (Å²) in [5.41, 5.74) is 0.615. The van der Waals surface area contributed by atoms with E-state index in [1.54, 1.807) is 12.1 Å². The van der Waals surface area contributed by atoms with E-state index in [9.17, 15) is 14.0 Å². The fraction of sp³-hybridized carbons (Fsp3) is 0.467. The van der Waals surface area contributed by atoms with Crippen molar-refractivity contribution in [3.8, 4) is 0 Å². The molecule has 1 aromatic carbocycles. The zero-order valence-electron chi connectivity index (χ0n) is 11.9. The third-order valence-corrected chi connectivity index (χ3v) is 3.81. The predicted octanol–water partition coefficient (Wildman–Crippen LogP) is 2.61. The number of hydrogen-bond donors (Lipinski definition) is 2. The lowest BCUT2D eigenvalue weighted by Gasteiger charge is -2.24. The Morgan fingerprint density at radius 3 is 2.52 bits per heavy atom. The molecule has 6 heteroatoms. The van der Waals surface area contributed by atoms with Gasteiger partial charge in [-0.3, -0.25) is 9.69 Å². The van der Waals surface area contributed by atoms with Crippen LogP contribution in [0.5, 0.6) is 0 Å². The van der Waals surface area contributed by atoms with E-state index >= 15 is 0 Å². The van der Waals surface area contributed by atoms with Crippen molar-refractivity contribution in [2.45, 2.75) is 32.2 Å². The zero-order valence-corrected chi connectivity index (χ0v) is 11.9. The van der Waals surface area contributed by atoms with Crippen LogP contribution in [0.25, 0.3) is 0 Å². The molecule has 0 heterocycles. The second-order valence-electron chi connectivity index (χ2n) is 5.22. The van der Waals surface area contributed by atoms with Crippen molar-refractivity contribution < 1.29 is 19.1 Å². The maximum absolute atomic E-state index is 12.9. The first-order chi connectivity index (χ1) is 10.0. The fourth-order valence-corrected chi connectivity index (χ4v) is 2.65. The number of nitrogens with zero attached hydrogens (tertiary/aromatic N) is 1. The van der Waals surface area contributed by atoms with Gasteiger partial charge in [0.05, 0.1) is 5.92 Å². The summed E-state index contributed by atoms with van der Waals surface area (Å²) in [7, 11) is 0. The highest BCUT2D eigenvalue weighted by atomic mass is 19.1. The molecule has 2 amide bonds. The minimum absolute atomic E-state index is 0.118. The van der Waals surface area contributed by atoms with Crippen LogP contribution in [0.4, 0.5) is 14.9 Å². The second-order valence-corrected chi connectivity index (χ2v) is 5.22. The van der Waals surface area contributed by atoms with Crippen LogP contribution in [0, 0.1) is 11.7 Å². The molecule has 114 valence electrons. The number of benzene rings is 1. The maximum Gasteiger partial charge on any atom is 0.322 e. The normalized spacial score (nSPS) is 21.0. The number of amides is 2. The monoisotopic (exact) mass is 294 g/mol. The Hall–Kier alpha value is -2.11. The van der Waals surface area contributed by atoms with E-state index in [0.717, 1.165) is 0 Å². The highest BCUT2D eigenvalue weighted by Gasteiger charge is 2.31. The Morgan fingerprint density at radius 1 is 1.33 bits per heavy atom. The van der Waals surface area contributed by atoms with Crippen molar-refractivity contribution in [2.75, 3.05) is 11.4 Å². The number of nitrogens with one attached hydrogen (secondary N) is 1. The molecule has 0 unspecified atom stereocenters. The Kier molecular flexibility index (Phi) is 4.77. The number of hydrogen-bond acceptors (Lipinski definition) is 2. The number of carboxylic acid groups (broad SMARTS) is 1. The first-order valence-corrected chi connectivity index (χ1v) is 7.07. The molecule has 2 rings (SSSR count). The first kappa shape index (κ1) is 15.3. The highest BCUT2D eigenvalue weighted by Crippen LogP contribution is 2.26. The van der Waals surface area contributed by atoms with E-state index in [0.29, 0.717) is 31.5 Å². The van der Waals surface area contributed by atoms with Crippen molar-refractivity contribution in [3.63, 3.8) is 0 Å². The topological polar surface area (TPSA) is 69.6 Å². The number of carboxylic acids is 1. The predicted molar refractivity (Wildman–Crippen MR) is 76.7 cm³/mol. The number of halogens is 1. The van der Waals surface area contributed by atoms with Crippen LogP contribution < -0.4 is 10.2 Å². The number of urea groups is 1. The summed E-state index contributed by atoms with van der Waals surface area (Å²) in [6, 6.07) is 5.32. The van der Waals surface area contributed by atoms with Gasteiger partial charge in [-0.1, -0.05) is 0 Å². The maximum atomic E-state index is 12.9. The van der Waals surface area contributed by atoms with Gasteiger partial charge >= 0.3 is 12.0 Å². The lowest BCUT2D eigenvalue weighted by molar-refractivity contribution is -0.141. The largest absolute Gasteiger partial charge is 0.481 e. The summed E-state index contributed by atoms with van der Waals surface area (Å²) < 4.78 is 12.9. The summed E-state index contributed by atoms with van der Waals surface area (Å²) in [5.74, 6) is -1.54. The van der Waals surface area contributed by atoms with Gasteiger partial charge in [0.15, 0.2) is 0 Å². The molecular formula is C15H19FN2O3. The van der Waals surface area contributed by atoms with Crippen LogP contribution >= 0.6 is 0 Å². The van der Waals surface area contributed by atoms with Crippen LogP contribution in [0.3, 0.4) is 0 Å². The Bertz CT molecular complexity index is 518. The molecular weight excluding hydrogens is 275 g/mol. The van der Waals surface area contributed by atoms with Crippen LogP contribution in [-0.4, -0.2) is 29.7 Å². The molecule has 2 atom stereocenters. The van der Waals surface area contributed by atoms with E-state index < -0.39 is 5.97 Å². The van der Waals surface area contributed by atoms with Crippen molar-refractivity contribution in [2.24, 2.45) is 5.92 Å². The van der Waals surface area contributed by atoms with Crippen LogP contribution in [0.15, 0.2) is 24.3 Å². The highest BCUT2D eigenvalue weighted by molar-refractivity contribution is 5.92. The van der Waals surface area contributed by atoms with Crippen molar-refractivity contribution in [1.29, 1.82) is 0 Å². The lowest BCUT2D eigenvalue weighted by atomic mass is 10.1. The van der Waals surface area contributed by atoms with Crippen molar-refractivity contribution in [1.82, 2.24) is 5.32 Å². The Morgan fingerprint density at radius 2 is 2.00 bits per heavy atom. The molecule has 1 fully saturated rings. The molecule has 1 aromatic rings. The molecule has 1 saturated carbocycles. The summed E-state index contributed by atoms with van der Waals surface area (Å²) in [6.07, 6.45) is 1.72. The van der Waals surface area contributed by atoms with E-state index in [2.05, 4.69) is 5.32 Å². The molecule has 2 N–H and O–H groups in total. The smallest absolute Gasteiger partial charge is 0.322 e. The van der Waals surface area contributed by atoms with Crippen LogP contribution in [-0.2, 0) is 4.79 Å². The molecule has 0 saturated heterocycles. The average Bonchev–Trinajstić information content (AvgIpc) is 2.90. The Labute approximate surface area is 122 Å². The van der Waals surface area contributed by atoms with Gasteiger partial charge in [-0.25, -0.2) is 9.18 Å². The van der Waals surface area contributed by atoms with E-state index in [1.807, 2.05) is 6.92 Å². The number of anilines is 1. The van der Waals surface area contributed by atoms with Crippen molar-refractivity contribution >= 4 is 17.7 Å². The van der Waals surface area contributed by atoms with E-state index in [4.69, 9.17) is 5.11 Å². The quantitative estimate of drug-likeness (QED) is 0.896. The number of rotatable bonds is 4. The number of carbonyl (C=O) groups is 2. The molecule has 1 aliphatic rings. The third kappa shape index (κ3) is 3.71. The van der Waals surface area contributed by atoms with Crippen LogP contribution in [0.1, 0.15) is 26.2 Å². The summed E-state index contributed by atoms with van der Waals surface area (Å²) >= 11 is 0. The van der Waals surface area contributed by atoms with Gasteiger partial charge in [0.2, 0.25) is 0 Å². The molecule has 5 nitrogen and oxygen atoms in total. The SMILES string of the molecule is CCN(C(=O)N[C@H]1CC[C@@H](C(=O)O)C1)c1ccc(F)cc1. The van der Waals surface area contributed by atoms with Gasteiger partial charge in [-0.05, 0) is 50.5 Å². The third-order valence-electron chi connectivity index (χ3n) is 3.81. The van der Waals surface area contributed by atoms with Gasteiger partial charge < -0.3 is 10.4 Å². The standard InChI is InChI=1S/C15H19FN2O3/c1-2-18(13-7-4-11(16)5-8-13)15(21)17-12-6-3-10(9-12)14(19)20/h4-5,7-8,10,12H,2-3,6,9H2,1H3,(H,17,21)(H,19,20)/t10-,12+/m1/s1. The molecule has 0 spiro atoms. The summed E-state index contributed by atoms with van der Waals surface area (Å²) in [4.78, 5) is 24.7. The van der Waals surface area contributed by atoms with Crippen molar-refractivity contribution in [3.05, 3.63) is 30.1 Å². The molecule has 0 aliphatic heterocycles. The van der Waals surface area contributed by atoms with Crippen LogP contribution in [0.2, 0.25) is 0 Å². The van der Waals surface area contributed by atoms with E-state index in [1.165, 1.54) is 17.0 Å². The molecule has 1 aliphatic carbocycles. The molecule has 0 aromatic heterocycles. The number of aliphatic carboxylic acids is 1.